The lowest BCUT2D eigenvalue weighted by atomic mass is 10.1. The van der Waals surface area contributed by atoms with Crippen molar-refractivity contribution in [2.24, 2.45) is 0 Å². The van der Waals surface area contributed by atoms with Crippen molar-refractivity contribution in [1.82, 2.24) is 4.90 Å². The van der Waals surface area contributed by atoms with Gasteiger partial charge in [-0.25, -0.2) is 4.39 Å². The van der Waals surface area contributed by atoms with Crippen molar-refractivity contribution in [3.05, 3.63) is 65.5 Å². The van der Waals surface area contributed by atoms with Crippen LogP contribution in [0.15, 0.2) is 48.5 Å². The Hall–Kier alpha value is -2.67. The average Bonchev–Trinajstić information content (AvgIpc) is 2.93. The Kier molecular flexibility index (Phi) is 5.14. The van der Waals surface area contributed by atoms with Gasteiger partial charge in [0, 0.05) is 0 Å². The highest BCUT2D eigenvalue weighted by atomic mass is 32.2. The molecule has 25 heavy (non-hydrogen) atoms. The molecule has 2 aromatic carbocycles. The maximum Gasteiger partial charge on any atom is 0.289 e. The van der Waals surface area contributed by atoms with E-state index in [4.69, 9.17) is 4.74 Å². The van der Waals surface area contributed by atoms with Crippen molar-refractivity contribution >= 4 is 28.7 Å². The minimum atomic E-state index is -0.579. The summed E-state index contributed by atoms with van der Waals surface area (Å²) in [6, 6.07) is 12.4. The molecule has 1 aliphatic heterocycles. The molecule has 0 N–H and O–H groups in total. The summed E-state index contributed by atoms with van der Waals surface area (Å²) >= 11 is 0.991. The van der Waals surface area contributed by atoms with E-state index >= 15 is 0 Å². The van der Waals surface area contributed by atoms with Gasteiger partial charge in [-0.3, -0.25) is 19.3 Å². The van der Waals surface area contributed by atoms with E-state index in [2.05, 4.69) is 0 Å². The van der Waals surface area contributed by atoms with Crippen LogP contribution < -0.4 is 4.74 Å². The molecule has 0 unspecified atom stereocenters. The van der Waals surface area contributed by atoms with E-state index in [0.29, 0.717) is 5.75 Å². The Morgan fingerprint density at radius 1 is 1.12 bits per heavy atom. The Labute approximate surface area is 147 Å². The number of rotatable bonds is 6. The van der Waals surface area contributed by atoms with E-state index < -0.39 is 11.6 Å². The summed E-state index contributed by atoms with van der Waals surface area (Å²) in [7, 11) is 0. The van der Waals surface area contributed by atoms with Crippen LogP contribution in [0.25, 0.3) is 0 Å². The lowest BCUT2D eigenvalue weighted by Crippen LogP contribution is -2.27. The number of halogens is 1. The SMILES string of the molecule is O=C(COc1ccc(CN2C(=O)CSC2=O)cc1)c1ccccc1F. The number of imide groups is 1. The second kappa shape index (κ2) is 7.48. The van der Waals surface area contributed by atoms with Crippen molar-refractivity contribution in [1.29, 1.82) is 0 Å². The number of Topliss-reactive ketones (excluding diaryl/α,β-unsaturated/α-hetero) is 1. The van der Waals surface area contributed by atoms with Gasteiger partial charge in [-0.1, -0.05) is 36.0 Å². The molecule has 0 spiro atoms. The van der Waals surface area contributed by atoms with Gasteiger partial charge in [0.1, 0.15) is 11.6 Å². The fourth-order valence-corrected chi connectivity index (χ4v) is 3.05. The van der Waals surface area contributed by atoms with Crippen LogP contribution in [0.1, 0.15) is 15.9 Å². The summed E-state index contributed by atoms with van der Waals surface area (Å²) in [5.74, 6) is -0.609. The van der Waals surface area contributed by atoms with Gasteiger partial charge in [-0.15, -0.1) is 0 Å². The summed E-state index contributed by atoms with van der Waals surface area (Å²) in [6.07, 6.45) is 0. The fraction of sp³-hybridized carbons (Fsp3) is 0.167. The highest BCUT2D eigenvalue weighted by Gasteiger charge is 2.29. The number of thioether (sulfide) groups is 1. The minimum Gasteiger partial charge on any atom is -0.485 e. The van der Waals surface area contributed by atoms with Gasteiger partial charge in [0.15, 0.2) is 6.61 Å². The van der Waals surface area contributed by atoms with Crippen LogP contribution in [0.2, 0.25) is 0 Å². The molecule has 2 amide bonds. The monoisotopic (exact) mass is 359 g/mol. The Bertz CT molecular complexity index is 806. The molecule has 0 aromatic heterocycles. The standard InChI is InChI=1S/C18H14FNO4S/c19-15-4-2-1-3-14(15)16(21)10-24-13-7-5-12(6-8-13)9-20-17(22)11-25-18(20)23/h1-8H,9-11H2. The first kappa shape index (κ1) is 17.2. The Morgan fingerprint density at radius 3 is 2.48 bits per heavy atom. The molecule has 1 fully saturated rings. The third-order valence-corrected chi connectivity index (χ3v) is 4.51. The lowest BCUT2D eigenvalue weighted by Gasteiger charge is -2.13. The van der Waals surface area contributed by atoms with Gasteiger partial charge in [-0.05, 0) is 29.8 Å². The maximum absolute atomic E-state index is 13.5. The molecule has 0 radical (unpaired) electrons. The maximum atomic E-state index is 13.5. The number of hydrogen-bond acceptors (Lipinski definition) is 5. The molecule has 128 valence electrons. The van der Waals surface area contributed by atoms with Gasteiger partial charge >= 0.3 is 0 Å². The van der Waals surface area contributed by atoms with Crippen molar-refractivity contribution in [3.63, 3.8) is 0 Å². The van der Waals surface area contributed by atoms with Crippen molar-refractivity contribution < 1.29 is 23.5 Å². The molecule has 0 aliphatic carbocycles. The van der Waals surface area contributed by atoms with Crippen molar-refractivity contribution in [3.8, 4) is 5.75 Å². The highest BCUT2D eigenvalue weighted by molar-refractivity contribution is 8.14. The third-order valence-electron chi connectivity index (χ3n) is 3.65. The van der Waals surface area contributed by atoms with Crippen LogP contribution >= 0.6 is 11.8 Å². The van der Waals surface area contributed by atoms with Gasteiger partial charge in [0.25, 0.3) is 5.24 Å². The van der Waals surface area contributed by atoms with Crippen LogP contribution in [0.3, 0.4) is 0 Å². The molecular formula is C18H14FNO4S. The summed E-state index contributed by atoms with van der Waals surface area (Å²) in [6.45, 7) is -0.0703. The normalized spacial score (nSPS) is 14.0. The first-order chi connectivity index (χ1) is 12.0. The number of carbonyl (C=O) groups is 3. The van der Waals surface area contributed by atoms with E-state index in [9.17, 15) is 18.8 Å². The van der Waals surface area contributed by atoms with Crippen molar-refractivity contribution in [2.45, 2.75) is 6.54 Å². The second-order valence-corrected chi connectivity index (χ2v) is 6.30. The number of amides is 2. The van der Waals surface area contributed by atoms with E-state index in [0.717, 1.165) is 17.3 Å². The van der Waals surface area contributed by atoms with E-state index in [1.54, 1.807) is 30.3 Å². The molecule has 0 atom stereocenters. The smallest absolute Gasteiger partial charge is 0.289 e. The van der Waals surface area contributed by atoms with Gasteiger partial charge in [-0.2, -0.15) is 0 Å². The number of benzene rings is 2. The molecule has 2 aromatic rings. The number of nitrogens with zero attached hydrogens (tertiary/aromatic N) is 1. The third kappa shape index (κ3) is 4.06. The molecule has 7 heteroatoms. The molecule has 0 bridgehead atoms. The summed E-state index contributed by atoms with van der Waals surface area (Å²) in [5.41, 5.74) is 0.764. The average molecular weight is 359 g/mol. The predicted octanol–water partition coefficient (Wildman–Crippen LogP) is 3.28. The summed E-state index contributed by atoms with van der Waals surface area (Å²) in [4.78, 5) is 36.3. The van der Waals surface area contributed by atoms with E-state index in [1.165, 1.54) is 23.1 Å². The van der Waals surface area contributed by atoms with Crippen molar-refractivity contribution in [2.75, 3.05) is 12.4 Å². The second-order valence-electron chi connectivity index (χ2n) is 5.37. The van der Waals surface area contributed by atoms with Crippen LogP contribution in [0.4, 0.5) is 9.18 Å². The zero-order valence-corrected chi connectivity index (χ0v) is 13.9. The first-order valence-electron chi connectivity index (χ1n) is 7.51. The molecule has 3 rings (SSSR count). The Balaban J connectivity index is 1.58. The molecule has 1 heterocycles. The Morgan fingerprint density at radius 2 is 1.84 bits per heavy atom. The number of ketones is 1. The predicted molar refractivity (Wildman–Crippen MR) is 91.1 cm³/mol. The fourth-order valence-electron chi connectivity index (χ4n) is 2.32. The molecule has 0 saturated carbocycles. The van der Waals surface area contributed by atoms with Crippen LogP contribution in [0.5, 0.6) is 5.75 Å². The van der Waals surface area contributed by atoms with Crippen LogP contribution in [0, 0.1) is 5.82 Å². The number of hydrogen-bond donors (Lipinski definition) is 0. The summed E-state index contributed by atoms with van der Waals surface area (Å²) in [5, 5.41) is -0.249. The van der Waals surface area contributed by atoms with Gasteiger partial charge < -0.3 is 4.74 Å². The molecule has 1 saturated heterocycles. The van der Waals surface area contributed by atoms with E-state index in [-0.39, 0.29) is 35.6 Å². The molecule has 1 aliphatic rings. The zero-order chi connectivity index (χ0) is 17.8. The largest absolute Gasteiger partial charge is 0.485 e. The van der Waals surface area contributed by atoms with Gasteiger partial charge in [0.05, 0.1) is 17.9 Å². The minimum absolute atomic E-state index is 0.0114. The quantitative estimate of drug-likeness (QED) is 0.741. The highest BCUT2D eigenvalue weighted by Crippen LogP contribution is 2.22. The summed E-state index contributed by atoms with van der Waals surface area (Å²) < 4.78 is 18.9. The zero-order valence-electron chi connectivity index (χ0n) is 13.1. The van der Waals surface area contributed by atoms with Crippen LogP contribution in [-0.4, -0.2) is 34.2 Å². The lowest BCUT2D eigenvalue weighted by molar-refractivity contribution is -0.125. The number of ether oxygens (including phenoxy) is 1. The topological polar surface area (TPSA) is 63.7 Å². The van der Waals surface area contributed by atoms with Crippen LogP contribution in [-0.2, 0) is 11.3 Å². The first-order valence-corrected chi connectivity index (χ1v) is 8.50. The van der Waals surface area contributed by atoms with E-state index in [1.807, 2.05) is 0 Å². The number of carbonyl (C=O) groups excluding carboxylic acids is 3. The molecular weight excluding hydrogens is 345 g/mol. The van der Waals surface area contributed by atoms with Gasteiger partial charge in [0.2, 0.25) is 11.7 Å². The molecule has 5 nitrogen and oxygen atoms in total.